The predicted octanol–water partition coefficient (Wildman–Crippen LogP) is 4.62. The molecule has 0 aliphatic heterocycles. The Hall–Kier alpha value is -0.810. The van der Waals surface area contributed by atoms with E-state index >= 15 is 0 Å². The van der Waals surface area contributed by atoms with E-state index in [1.807, 2.05) is 12.1 Å². The van der Waals surface area contributed by atoms with Crippen molar-refractivity contribution in [3.63, 3.8) is 0 Å². The van der Waals surface area contributed by atoms with E-state index in [0.717, 1.165) is 25.2 Å². The lowest BCUT2D eigenvalue weighted by molar-refractivity contribution is 0.0167. The van der Waals surface area contributed by atoms with Crippen LogP contribution in [0.25, 0.3) is 0 Å². The van der Waals surface area contributed by atoms with Gasteiger partial charge in [-0.1, -0.05) is 45.2 Å². The number of benzene rings is 1. The van der Waals surface area contributed by atoms with Crippen LogP contribution in [0, 0.1) is 5.92 Å². The van der Waals surface area contributed by atoms with E-state index < -0.39 is 6.10 Å². The van der Waals surface area contributed by atoms with E-state index in [1.165, 1.54) is 24.8 Å². The fourth-order valence-corrected chi connectivity index (χ4v) is 3.04. The number of aliphatic hydroxyl groups is 1. The number of hydrogen-bond acceptors (Lipinski definition) is 4. The normalized spacial score (nSPS) is 13.7. The highest BCUT2D eigenvalue weighted by Gasteiger charge is 2.19. The van der Waals surface area contributed by atoms with Crippen LogP contribution in [-0.2, 0) is 11.2 Å². The molecule has 1 unspecified atom stereocenters. The van der Waals surface area contributed by atoms with Gasteiger partial charge < -0.3 is 19.9 Å². The molecule has 0 aliphatic carbocycles. The highest BCUT2D eigenvalue weighted by atomic mass is 35.5. The van der Waals surface area contributed by atoms with Crippen LogP contribution in [0.1, 0.15) is 58.9 Å². The summed E-state index contributed by atoms with van der Waals surface area (Å²) in [6.45, 7) is 10.4. The molecular formula is C22H40ClNO3. The van der Waals surface area contributed by atoms with Gasteiger partial charge in [-0.25, -0.2) is 0 Å². The van der Waals surface area contributed by atoms with Gasteiger partial charge in [-0.15, -0.1) is 12.4 Å². The first kappa shape index (κ1) is 26.2. The molecule has 158 valence electrons. The van der Waals surface area contributed by atoms with Crippen molar-refractivity contribution in [1.29, 1.82) is 0 Å². The maximum absolute atomic E-state index is 10.2. The quantitative estimate of drug-likeness (QED) is 0.477. The fraction of sp³-hybridized carbons (Fsp3) is 0.727. The van der Waals surface area contributed by atoms with Gasteiger partial charge in [0.2, 0.25) is 0 Å². The number of unbranched alkanes of at least 4 members (excludes halogenated alkanes) is 1. The monoisotopic (exact) mass is 401 g/mol. The van der Waals surface area contributed by atoms with Crippen LogP contribution >= 0.6 is 12.4 Å². The van der Waals surface area contributed by atoms with Gasteiger partial charge in [0.25, 0.3) is 0 Å². The molecule has 0 aliphatic rings. The highest BCUT2D eigenvalue weighted by Crippen LogP contribution is 2.17. The predicted molar refractivity (Wildman–Crippen MR) is 116 cm³/mol. The number of hydrogen-bond donors (Lipinski definition) is 2. The SMILES string of the molecule is CCCCC(CC)COC[C@@H](O)CNC(C)(C)Cc1ccc(OC)cc1.Cl. The summed E-state index contributed by atoms with van der Waals surface area (Å²) in [7, 11) is 1.68. The van der Waals surface area contributed by atoms with Crippen molar-refractivity contribution in [3.05, 3.63) is 29.8 Å². The summed E-state index contributed by atoms with van der Waals surface area (Å²) in [5.74, 6) is 1.48. The maximum Gasteiger partial charge on any atom is 0.118 e. The number of nitrogens with one attached hydrogen (secondary N) is 1. The molecule has 1 rings (SSSR count). The summed E-state index contributed by atoms with van der Waals surface area (Å²) in [5, 5.41) is 13.7. The number of β-amino-alcohol motifs (C(OH)–C–C–N with tert-alkyl or cyclic N) is 1. The van der Waals surface area contributed by atoms with E-state index in [1.54, 1.807) is 7.11 Å². The standard InChI is InChI=1S/C22H39NO3.ClH/c1-6-8-9-18(7-2)16-26-17-20(24)15-23-22(3,4)14-19-10-12-21(25-5)13-11-19;/h10-13,18,20,23-24H,6-9,14-17H2,1-5H3;1H/t18?,20-;/m0./s1. The third-order valence-corrected chi connectivity index (χ3v) is 4.83. The van der Waals surface area contributed by atoms with Crippen LogP contribution in [0.15, 0.2) is 24.3 Å². The minimum absolute atomic E-state index is 0. The van der Waals surface area contributed by atoms with Crippen molar-refractivity contribution in [3.8, 4) is 5.75 Å². The van der Waals surface area contributed by atoms with Gasteiger partial charge in [0, 0.05) is 18.7 Å². The third kappa shape index (κ3) is 11.6. The minimum atomic E-state index is -0.478. The molecule has 27 heavy (non-hydrogen) atoms. The Morgan fingerprint density at radius 2 is 1.78 bits per heavy atom. The largest absolute Gasteiger partial charge is 0.497 e. The van der Waals surface area contributed by atoms with Gasteiger partial charge in [-0.3, -0.25) is 0 Å². The van der Waals surface area contributed by atoms with E-state index in [4.69, 9.17) is 9.47 Å². The van der Waals surface area contributed by atoms with Crippen molar-refractivity contribution in [1.82, 2.24) is 5.32 Å². The van der Waals surface area contributed by atoms with Crippen molar-refractivity contribution in [2.24, 2.45) is 5.92 Å². The summed E-state index contributed by atoms with van der Waals surface area (Å²) in [4.78, 5) is 0. The molecular weight excluding hydrogens is 362 g/mol. The van der Waals surface area contributed by atoms with Crippen LogP contribution in [0.2, 0.25) is 0 Å². The molecule has 2 N–H and O–H groups in total. The van der Waals surface area contributed by atoms with Gasteiger partial charge in [-0.05, 0) is 50.3 Å². The molecule has 1 aromatic rings. The van der Waals surface area contributed by atoms with Crippen molar-refractivity contribution >= 4 is 12.4 Å². The lowest BCUT2D eigenvalue weighted by atomic mass is 9.94. The van der Waals surface area contributed by atoms with Crippen molar-refractivity contribution < 1.29 is 14.6 Å². The van der Waals surface area contributed by atoms with Gasteiger partial charge in [0.1, 0.15) is 5.75 Å². The summed E-state index contributed by atoms with van der Waals surface area (Å²) in [5.41, 5.74) is 1.15. The molecule has 0 fully saturated rings. The minimum Gasteiger partial charge on any atom is -0.497 e. The van der Waals surface area contributed by atoms with Crippen molar-refractivity contribution in [2.45, 2.75) is 71.4 Å². The Kier molecular flexibility index (Phi) is 13.8. The average molecular weight is 402 g/mol. The molecule has 2 atom stereocenters. The Morgan fingerprint density at radius 1 is 1.11 bits per heavy atom. The van der Waals surface area contributed by atoms with Crippen LogP contribution in [0.5, 0.6) is 5.75 Å². The summed E-state index contributed by atoms with van der Waals surface area (Å²) < 4.78 is 11.0. The first-order valence-electron chi connectivity index (χ1n) is 10.0. The van der Waals surface area contributed by atoms with Crippen molar-refractivity contribution in [2.75, 3.05) is 26.9 Å². The molecule has 0 bridgehead atoms. The summed E-state index contributed by atoms with van der Waals surface area (Å²) in [6, 6.07) is 8.14. The fourth-order valence-electron chi connectivity index (χ4n) is 3.04. The third-order valence-electron chi connectivity index (χ3n) is 4.83. The molecule has 0 spiro atoms. The molecule has 5 heteroatoms. The Balaban J connectivity index is 0.00000676. The Bertz CT molecular complexity index is 479. The second kappa shape index (κ2) is 14.2. The van der Waals surface area contributed by atoms with Crippen LogP contribution < -0.4 is 10.1 Å². The number of ether oxygens (including phenoxy) is 2. The van der Waals surface area contributed by atoms with E-state index in [0.29, 0.717) is 19.1 Å². The molecule has 4 nitrogen and oxygen atoms in total. The average Bonchev–Trinajstić information content (AvgIpc) is 2.63. The molecule has 0 heterocycles. The topological polar surface area (TPSA) is 50.7 Å². The lowest BCUT2D eigenvalue weighted by Crippen LogP contribution is -2.46. The number of methoxy groups -OCH3 is 1. The zero-order valence-electron chi connectivity index (χ0n) is 17.8. The summed E-state index contributed by atoms with van der Waals surface area (Å²) in [6.07, 6.45) is 5.26. The second-order valence-corrected chi connectivity index (χ2v) is 7.90. The van der Waals surface area contributed by atoms with Gasteiger partial charge >= 0.3 is 0 Å². The molecule has 0 saturated carbocycles. The molecule has 0 amide bonds. The molecule has 0 radical (unpaired) electrons. The Labute approximate surface area is 172 Å². The number of rotatable bonds is 14. The van der Waals surface area contributed by atoms with Crippen LogP contribution in [0.3, 0.4) is 0 Å². The first-order chi connectivity index (χ1) is 12.4. The van der Waals surface area contributed by atoms with E-state index in [9.17, 15) is 5.11 Å². The Morgan fingerprint density at radius 3 is 2.33 bits per heavy atom. The number of halogens is 1. The van der Waals surface area contributed by atoms with Gasteiger partial charge in [0.05, 0.1) is 19.8 Å². The lowest BCUT2D eigenvalue weighted by Gasteiger charge is -2.28. The van der Waals surface area contributed by atoms with E-state index in [2.05, 4.69) is 45.1 Å². The number of aliphatic hydroxyl groups excluding tert-OH is 1. The van der Waals surface area contributed by atoms with E-state index in [-0.39, 0.29) is 17.9 Å². The molecule has 0 aromatic heterocycles. The van der Waals surface area contributed by atoms with Crippen LogP contribution in [0.4, 0.5) is 0 Å². The molecule has 1 aromatic carbocycles. The maximum atomic E-state index is 10.2. The van der Waals surface area contributed by atoms with Crippen LogP contribution in [-0.4, -0.2) is 43.6 Å². The van der Waals surface area contributed by atoms with Gasteiger partial charge in [0.15, 0.2) is 0 Å². The second-order valence-electron chi connectivity index (χ2n) is 7.90. The molecule has 0 saturated heterocycles. The first-order valence-corrected chi connectivity index (χ1v) is 10.0. The highest BCUT2D eigenvalue weighted by molar-refractivity contribution is 5.85. The zero-order valence-corrected chi connectivity index (χ0v) is 18.6. The zero-order chi connectivity index (χ0) is 19.4. The smallest absolute Gasteiger partial charge is 0.118 e. The van der Waals surface area contributed by atoms with Gasteiger partial charge in [-0.2, -0.15) is 0 Å². The summed E-state index contributed by atoms with van der Waals surface area (Å²) >= 11 is 0.